The van der Waals surface area contributed by atoms with E-state index in [1.165, 1.54) is 12.1 Å². The van der Waals surface area contributed by atoms with Gasteiger partial charge < -0.3 is 32.4 Å². The molecule has 0 fully saturated rings. The summed E-state index contributed by atoms with van der Waals surface area (Å²) in [6, 6.07) is 19.6. The third kappa shape index (κ3) is 5.45. The van der Waals surface area contributed by atoms with Crippen LogP contribution in [0.5, 0.6) is 17.4 Å². The zero-order valence-electron chi connectivity index (χ0n) is 17.1. The Labute approximate surface area is 185 Å². The van der Waals surface area contributed by atoms with Gasteiger partial charge in [0, 0.05) is 12.1 Å². The summed E-state index contributed by atoms with van der Waals surface area (Å²) < 4.78 is 32.0. The molecule has 4 aromatic rings. The molecule has 0 aliphatic rings. The molecular formula is C23H23ClFN3O3. The molecule has 0 saturated carbocycles. The van der Waals surface area contributed by atoms with Crippen LogP contribution >= 0.6 is 0 Å². The topological polar surface area (TPSA) is 73.2 Å². The van der Waals surface area contributed by atoms with Gasteiger partial charge in [-0.05, 0) is 48.0 Å². The van der Waals surface area contributed by atoms with E-state index >= 15 is 0 Å². The average molecular weight is 444 g/mol. The number of halogens is 2. The predicted molar refractivity (Wildman–Crippen MR) is 112 cm³/mol. The summed E-state index contributed by atoms with van der Waals surface area (Å²) in [7, 11) is 1.62. The lowest BCUT2D eigenvalue weighted by Gasteiger charge is -2.07. The van der Waals surface area contributed by atoms with E-state index in [9.17, 15) is 4.39 Å². The second kappa shape index (κ2) is 10.1. The Bertz CT molecular complexity index is 1130. The minimum absolute atomic E-state index is 0. The first kappa shape index (κ1) is 22.4. The van der Waals surface area contributed by atoms with Crippen LogP contribution in [0.15, 0.2) is 66.7 Å². The van der Waals surface area contributed by atoms with E-state index in [4.69, 9.17) is 14.2 Å². The molecule has 0 bridgehead atoms. The number of hydrogen-bond acceptors (Lipinski definition) is 4. The summed E-state index contributed by atoms with van der Waals surface area (Å²) in [4.78, 5) is 0. The predicted octanol–water partition coefficient (Wildman–Crippen LogP) is 0.568. The number of hydrogen-bond donors (Lipinski definition) is 1. The van der Waals surface area contributed by atoms with E-state index in [0.717, 1.165) is 33.7 Å². The van der Waals surface area contributed by atoms with Gasteiger partial charge in [0.05, 0.1) is 24.6 Å². The summed E-state index contributed by atoms with van der Waals surface area (Å²) in [5, 5.41) is 5.47. The van der Waals surface area contributed by atoms with E-state index in [1.54, 1.807) is 19.2 Å². The third-order valence-electron chi connectivity index (χ3n) is 4.68. The second-order valence-electron chi connectivity index (χ2n) is 6.81. The molecule has 3 N–H and O–H groups in total. The number of fused-ring (bicyclic) bond motifs is 1. The number of quaternary nitrogens is 1. The van der Waals surface area contributed by atoms with Gasteiger partial charge in [0.15, 0.2) is 0 Å². The van der Waals surface area contributed by atoms with Crippen molar-refractivity contribution in [3.63, 3.8) is 0 Å². The first-order valence-electron chi connectivity index (χ1n) is 9.59. The van der Waals surface area contributed by atoms with E-state index in [2.05, 4.69) is 10.8 Å². The first-order valence-corrected chi connectivity index (χ1v) is 9.59. The van der Waals surface area contributed by atoms with Gasteiger partial charge >= 0.3 is 0 Å². The molecule has 0 spiro atoms. The lowest BCUT2D eigenvalue weighted by Crippen LogP contribution is -3.00. The Kier molecular flexibility index (Phi) is 7.33. The lowest BCUT2D eigenvalue weighted by molar-refractivity contribution is -0.254. The number of benzene rings is 3. The highest BCUT2D eigenvalue weighted by molar-refractivity contribution is 5.86. The van der Waals surface area contributed by atoms with Gasteiger partial charge in [0.2, 0.25) is 5.88 Å². The second-order valence-corrected chi connectivity index (χ2v) is 6.81. The zero-order chi connectivity index (χ0) is 20.9. The standard InChI is InChI=1S/C23H22FN3O3.ClH/c1-28-20-10-11-22-21(14-20)23(26-27(22)15-16-2-4-17(24)5-3-16)30-13-12-29-19-8-6-18(25)7-9-19;/h2-11,14H,12-13,15,25H2,1H3;1H. The minimum Gasteiger partial charge on any atom is -1.00 e. The highest BCUT2D eigenvalue weighted by Gasteiger charge is 2.13. The van der Waals surface area contributed by atoms with Gasteiger partial charge in [0.25, 0.3) is 0 Å². The summed E-state index contributed by atoms with van der Waals surface area (Å²) in [5.41, 5.74) is 6.64. The molecule has 31 heavy (non-hydrogen) atoms. The molecule has 0 saturated heterocycles. The quantitative estimate of drug-likeness (QED) is 0.404. The minimum atomic E-state index is -0.261. The fourth-order valence-corrected chi connectivity index (χ4v) is 3.13. The van der Waals surface area contributed by atoms with Crippen LogP contribution in [0.25, 0.3) is 10.9 Å². The van der Waals surface area contributed by atoms with E-state index < -0.39 is 0 Å². The molecule has 0 unspecified atom stereocenters. The van der Waals surface area contributed by atoms with Crippen molar-refractivity contribution in [1.82, 2.24) is 9.78 Å². The van der Waals surface area contributed by atoms with Crippen molar-refractivity contribution in [3.8, 4) is 17.4 Å². The molecule has 0 aliphatic heterocycles. The average Bonchev–Trinajstić information content (AvgIpc) is 3.10. The Morgan fingerprint density at radius 3 is 2.29 bits per heavy atom. The molecule has 1 heterocycles. The van der Waals surface area contributed by atoms with Gasteiger partial charge in [-0.2, -0.15) is 0 Å². The molecule has 0 atom stereocenters. The molecule has 4 rings (SSSR count). The smallest absolute Gasteiger partial charge is 0.241 e. The van der Waals surface area contributed by atoms with E-state index in [0.29, 0.717) is 25.6 Å². The number of methoxy groups -OCH3 is 1. The molecule has 1 aromatic heterocycles. The maximum atomic E-state index is 13.2. The van der Waals surface area contributed by atoms with Crippen LogP contribution in [0.2, 0.25) is 0 Å². The first-order chi connectivity index (χ1) is 14.6. The van der Waals surface area contributed by atoms with Crippen LogP contribution in [-0.2, 0) is 6.54 Å². The van der Waals surface area contributed by atoms with Gasteiger partial charge in [-0.3, -0.25) is 4.68 Å². The summed E-state index contributed by atoms with van der Waals surface area (Å²) in [5.74, 6) is 1.72. The largest absolute Gasteiger partial charge is 1.00 e. The van der Waals surface area contributed by atoms with E-state index in [-0.39, 0.29) is 18.2 Å². The van der Waals surface area contributed by atoms with Crippen molar-refractivity contribution in [2.45, 2.75) is 6.54 Å². The van der Waals surface area contributed by atoms with Crippen LogP contribution in [0.4, 0.5) is 10.1 Å². The zero-order valence-corrected chi connectivity index (χ0v) is 17.8. The van der Waals surface area contributed by atoms with Crippen LogP contribution < -0.4 is 32.4 Å². The van der Waals surface area contributed by atoms with Crippen LogP contribution in [-0.4, -0.2) is 30.1 Å². The Morgan fingerprint density at radius 2 is 1.58 bits per heavy atom. The van der Waals surface area contributed by atoms with Crippen LogP contribution in [0.1, 0.15) is 5.56 Å². The van der Waals surface area contributed by atoms with Crippen molar-refractivity contribution < 1.29 is 36.7 Å². The van der Waals surface area contributed by atoms with Gasteiger partial charge in [-0.1, -0.05) is 12.1 Å². The summed E-state index contributed by atoms with van der Waals surface area (Å²) in [6.45, 7) is 1.22. The monoisotopic (exact) mass is 443 g/mol. The van der Waals surface area contributed by atoms with Crippen molar-refractivity contribution in [2.24, 2.45) is 0 Å². The molecule has 0 radical (unpaired) electrons. The highest BCUT2D eigenvalue weighted by atomic mass is 35.5. The van der Waals surface area contributed by atoms with Gasteiger partial charge in [-0.25, -0.2) is 4.39 Å². The molecular weight excluding hydrogens is 421 g/mol. The van der Waals surface area contributed by atoms with Crippen molar-refractivity contribution in [3.05, 3.63) is 78.1 Å². The van der Waals surface area contributed by atoms with Gasteiger partial charge in [-0.15, -0.1) is 5.10 Å². The van der Waals surface area contributed by atoms with Crippen LogP contribution in [0.3, 0.4) is 0 Å². The number of rotatable bonds is 8. The molecule has 162 valence electrons. The summed E-state index contributed by atoms with van der Waals surface area (Å²) >= 11 is 0. The Morgan fingerprint density at radius 1 is 0.903 bits per heavy atom. The number of aromatic nitrogens is 2. The fraction of sp³-hybridized carbons (Fsp3) is 0.174. The molecule has 3 aromatic carbocycles. The number of ether oxygens (including phenoxy) is 3. The number of nitrogens with zero attached hydrogens (tertiary/aromatic N) is 2. The summed E-state index contributed by atoms with van der Waals surface area (Å²) in [6.07, 6.45) is 0. The van der Waals surface area contributed by atoms with Crippen molar-refractivity contribution in [2.75, 3.05) is 20.3 Å². The Hall–Kier alpha value is -3.29. The van der Waals surface area contributed by atoms with Crippen molar-refractivity contribution in [1.29, 1.82) is 0 Å². The van der Waals surface area contributed by atoms with Gasteiger partial charge in [0.1, 0.15) is 36.2 Å². The normalized spacial score (nSPS) is 10.5. The SMILES string of the molecule is COc1ccc2c(c1)c(OCCOc1ccc([NH3+])cc1)nn2Cc1ccc(F)cc1.[Cl-]. The molecule has 6 nitrogen and oxygen atoms in total. The molecule has 0 aliphatic carbocycles. The fourth-order valence-electron chi connectivity index (χ4n) is 3.13. The molecule has 8 heteroatoms. The maximum absolute atomic E-state index is 13.2. The maximum Gasteiger partial charge on any atom is 0.241 e. The third-order valence-corrected chi connectivity index (χ3v) is 4.68. The van der Waals surface area contributed by atoms with Crippen molar-refractivity contribution >= 4 is 16.6 Å². The highest BCUT2D eigenvalue weighted by Crippen LogP contribution is 2.29. The Balaban J connectivity index is 0.00000272. The van der Waals surface area contributed by atoms with E-state index in [1.807, 2.05) is 47.1 Å². The van der Waals surface area contributed by atoms with Crippen LogP contribution in [0, 0.1) is 5.82 Å². The lowest BCUT2D eigenvalue weighted by atomic mass is 10.2. The molecule has 0 amide bonds.